The number of nitrogens with zero attached hydrogens (tertiary/aromatic N) is 3. The number of ether oxygens (including phenoxy) is 1. The van der Waals surface area contributed by atoms with Crippen LogP contribution >= 0.6 is 0 Å². The van der Waals surface area contributed by atoms with Crippen LogP contribution in [0.15, 0.2) is 53.1 Å². The van der Waals surface area contributed by atoms with Gasteiger partial charge in [0.05, 0.1) is 0 Å². The van der Waals surface area contributed by atoms with Gasteiger partial charge in [0, 0.05) is 38.8 Å². The zero-order valence-corrected chi connectivity index (χ0v) is 15.6. The number of anilines is 1. The van der Waals surface area contributed by atoms with Gasteiger partial charge in [-0.25, -0.2) is 0 Å². The van der Waals surface area contributed by atoms with Crippen LogP contribution in [0.1, 0.15) is 27.6 Å². The number of amides is 1. The molecule has 0 spiro atoms. The Hall–Kier alpha value is -3.35. The van der Waals surface area contributed by atoms with Crippen LogP contribution < -0.4 is 15.0 Å². The maximum absolute atomic E-state index is 12.3. The van der Waals surface area contributed by atoms with Crippen molar-refractivity contribution in [2.75, 3.05) is 19.0 Å². The lowest BCUT2D eigenvalue weighted by molar-refractivity contribution is 0.0951. The minimum absolute atomic E-state index is 0.132. The Balaban J connectivity index is 1.51. The van der Waals surface area contributed by atoms with Gasteiger partial charge in [-0.2, -0.15) is 4.98 Å². The minimum atomic E-state index is -0.132. The molecular weight excluding hydrogens is 344 g/mol. The maximum Gasteiger partial charge on any atom is 0.251 e. The molecule has 0 unspecified atom stereocenters. The largest absolute Gasteiger partial charge is 0.485 e. The van der Waals surface area contributed by atoms with Crippen molar-refractivity contribution in [1.82, 2.24) is 15.5 Å². The van der Waals surface area contributed by atoms with E-state index < -0.39 is 0 Å². The summed E-state index contributed by atoms with van der Waals surface area (Å²) >= 11 is 0. The molecule has 0 aliphatic rings. The van der Waals surface area contributed by atoms with Crippen LogP contribution in [-0.2, 0) is 13.2 Å². The molecule has 2 aromatic carbocycles. The SMILES string of the molecule is Cc1nc(COc2ccc(C(=O)NCc3ccc(N(C)C)cc3)cc2)no1. The van der Waals surface area contributed by atoms with E-state index in [0.29, 0.717) is 29.6 Å². The number of carbonyl (C=O) groups is 1. The highest BCUT2D eigenvalue weighted by Crippen LogP contribution is 2.15. The van der Waals surface area contributed by atoms with Gasteiger partial charge in [0.25, 0.3) is 5.91 Å². The number of rotatable bonds is 7. The van der Waals surface area contributed by atoms with E-state index in [9.17, 15) is 4.79 Å². The fraction of sp³-hybridized carbons (Fsp3) is 0.250. The summed E-state index contributed by atoms with van der Waals surface area (Å²) in [6, 6.07) is 15.0. The summed E-state index contributed by atoms with van der Waals surface area (Å²) in [4.78, 5) is 18.4. The van der Waals surface area contributed by atoms with Crippen LogP contribution in [0.25, 0.3) is 0 Å². The highest BCUT2D eigenvalue weighted by molar-refractivity contribution is 5.94. The number of carbonyl (C=O) groups excluding carboxylic acids is 1. The molecule has 0 saturated heterocycles. The molecule has 1 amide bonds. The predicted molar refractivity (Wildman–Crippen MR) is 102 cm³/mol. The molecule has 140 valence electrons. The summed E-state index contributed by atoms with van der Waals surface area (Å²) in [5.74, 6) is 1.48. The smallest absolute Gasteiger partial charge is 0.251 e. The van der Waals surface area contributed by atoms with Gasteiger partial charge in [0.2, 0.25) is 11.7 Å². The van der Waals surface area contributed by atoms with Crippen molar-refractivity contribution in [2.45, 2.75) is 20.1 Å². The van der Waals surface area contributed by atoms with Crippen molar-refractivity contribution in [1.29, 1.82) is 0 Å². The second-order valence-corrected chi connectivity index (χ2v) is 6.29. The maximum atomic E-state index is 12.3. The molecular formula is C20H22N4O3. The number of nitrogens with one attached hydrogen (secondary N) is 1. The third kappa shape index (κ3) is 5.07. The molecule has 1 heterocycles. The Kier molecular flexibility index (Phi) is 5.71. The zero-order chi connectivity index (χ0) is 19.2. The van der Waals surface area contributed by atoms with Crippen molar-refractivity contribution < 1.29 is 14.1 Å². The van der Waals surface area contributed by atoms with Crippen molar-refractivity contribution in [3.05, 3.63) is 71.4 Å². The highest BCUT2D eigenvalue weighted by atomic mass is 16.5. The molecule has 0 saturated carbocycles. The van der Waals surface area contributed by atoms with Crippen molar-refractivity contribution in [3.8, 4) is 5.75 Å². The van der Waals surface area contributed by atoms with Crippen molar-refractivity contribution >= 4 is 11.6 Å². The fourth-order valence-corrected chi connectivity index (χ4v) is 2.45. The van der Waals surface area contributed by atoms with E-state index in [4.69, 9.17) is 9.26 Å². The van der Waals surface area contributed by atoms with Gasteiger partial charge in [-0.05, 0) is 42.0 Å². The summed E-state index contributed by atoms with van der Waals surface area (Å²) in [6.07, 6.45) is 0. The zero-order valence-electron chi connectivity index (χ0n) is 15.6. The third-order valence-electron chi connectivity index (χ3n) is 3.96. The fourth-order valence-electron chi connectivity index (χ4n) is 2.45. The first-order valence-electron chi connectivity index (χ1n) is 8.58. The standard InChI is InChI=1S/C20H22N4O3/c1-14-22-19(23-27-14)13-26-18-10-6-16(7-11-18)20(25)21-12-15-4-8-17(9-5-15)24(2)3/h4-11H,12-13H2,1-3H3,(H,21,25). The van der Waals surface area contributed by atoms with Gasteiger partial charge < -0.3 is 19.5 Å². The van der Waals surface area contributed by atoms with Crippen LogP contribution in [0.5, 0.6) is 5.75 Å². The van der Waals surface area contributed by atoms with E-state index in [-0.39, 0.29) is 12.5 Å². The Morgan fingerprint density at radius 2 is 1.81 bits per heavy atom. The molecule has 1 N–H and O–H groups in total. The molecule has 0 atom stereocenters. The van der Waals surface area contributed by atoms with Gasteiger partial charge in [-0.3, -0.25) is 4.79 Å². The molecule has 3 rings (SSSR count). The average Bonchev–Trinajstić information content (AvgIpc) is 3.10. The molecule has 0 radical (unpaired) electrons. The highest BCUT2D eigenvalue weighted by Gasteiger charge is 2.07. The van der Waals surface area contributed by atoms with E-state index in [1.165, 1.54) is 0 Å². The van der Waals surface area contributed by atoms with Crippen molar-refractivity contribution in [2.24, 2.45) is 0 Å². The molecule has 0 fully saturated rings. The van der Waals surface area contributed by atoms with Crippen LogP contribution in [0, 0.1) is 6.92 Å². The Labute approximate surface area is 158 Å². The topological polar surface area (TPSA) is 80.5 Å². The van der Waals surface area contributed by atoms with Gasteiger partial charge in [-0.15, -0.1) is 0 Å². The Bertz CT molecular complexity index is 886. The number of benzene rings is 2. The number of aromatic nitrogens is 2. The van der Waals surface area contributed by atoms with Gasteiger partial charge in [-0.1, -0.05) is 17.3 Å². The summed E-state index contributed by atoms with van der Waals surface area (Å²) in [7, 11) is 3.99. The van der Waals surface area contributed by atoms with E-state index >= 15 is 0 Å². The predicted octanol–water partition coefficient (Wildman–Crippen LogP) is 2.95. The first-order valence-corrected chi connectivity index (χ1v) is 8.58. The Morgan fingerprint density at radius 1 is 1.11 bits per heavy atom. The molecule has 1 aromatic heterocycles. The number of hydrogen-bond donors (Lipinski definition) is 1. The van der Waals surface area contributed by atoms with E-state index in [2.05, 4.69) is 15.5 Å². The second-order valence-electron chi connectivity index (χ2n) is 6.29. The molecule has 7 nitrogen and oxygen atoms in total. The lowest BCUT2D eigenvalue weighted by Crippen LogP contribution is -2.22. The first kappa shape index (κ1) is 18.4. The van der Waals surface area contributed by atoms with Crippen LogP contribution in [0.3, 0.4) is 0 Å². The molecule has 0 aliphatic heterocycles. The first-order chi connectivity index (χ1) is 13.0. The Morgan fingerprint density at radius 3 is 2.41 bits per heavy atom. The summed E-state index contributed by atoms with van der Waals surface area (Å²) < 4.78 is 10.5. The van der Waals surface area contributed by atoms with E-state index in [1.54, 1.807) is 31.2 Å². The summed E-state index contributed by atoms with van der Waals surface area (Å²) in [5, 5.41) is 6.69. The van der Waals surface area contributed by atoms with Crippen LogP contribution in [0.4, 0.5) is 5.69 Å². The average molecular weight is 366 g/mol. The summed E-state index contributed by atoms with van der Waals surface area (Å²) in [6.45, 7) is 2.41. The monoisotopic (exact) mass is 366 g/mol. The molecule has 7 heteroatoms. The van der Waals surface area contributed by atoms with Gasteiger partial charge >= 0.3 is 0 Å². The molecule has 27 heavy (non-hydrogen) atoms. The molecule has 3 aromatic rings. The van der Waals surface area contributed by atoms with Gasteiger partial charge in [0.15, 0.2) is 6.61 Å². The van der Waals surface area contributed by atoms with Crippen molar-refractivity contribution in [3.63, 3.8) is 0 Å². The molecule has 0 aliphatic carbocycles. The quantitative estimate of drug-likeness (QED) is 0.692. The lowest BCUT2D eigenvalue weighted by atomic mass is 10.1. The lowest BCUT2D eigenvalue weighted by Gasteiger charge is -2.13. The number of hydrogen-bond acceptors (Lipinski definition) is 6. The number of aryl methyl sites for hydroxylation is 1. The third-order valence-corrected chi connectivity index (χ3v) is 3.96. The summed E-state index contributed by atoms with van der Waals surface area (Å²) in [5.41, 5.74) is 2.74. The second kappa shape index (κ2) is 8.35. The van der Waals surface area contributed by atoms with Crippen LogP contribution in [0.2, 0.25) is 0 Å². The van der Waals surface area contributed by atoms with E-state index in [0.717, 1.165) is 11.3 Å². The molecule has 0 bridgehead atoms. The van der Waals surface area contributed by atoms with Crippen LogP contribution in [-0.4, -0.2) is 30.1 Å². The van der Waals surface area contributed by atoms with Gasteiger partial charge in [0.1, 0.15) is 5.75 Å². The minimum Gasteiger partial charge on any atom is -0.485 e. The normalized spacial score (nSPS) is 10.5. The van der Waals surface area contributed by atoms with E-state index in [1.807, 2.05) is 43.3 Å².